The normalized spacial score (nSPS) is 15.8. The van der Waals surface area contributed by atoms with Gasteiger partial charge in [0.15, 0.2) is 10.4 Å². The number of carbonyl (C=O) groups excluding carboxylic acids is 3. The van der Waals surface area contributed by atoms with Gasteiger partial charge in [-0.25, -0.2) is 0 Å². The maximum atomic E-state index is 12.2. The number of likely N-dealkylation sites (tertiary alicyclic amines) is 1. The molecule has 0 bridgehead atoms. The Kier molecular flexibility index (Phi) is 6.26. The fraction of sp³-hybridized carbons (Fsp3) is 0.588. The lowest BCUT2D eigenvalue weighted by Crippen LogP contribution is -2.50. The number of nitrogens with zero attached hydrogens (tertiary/aromatic N) is 1. The van der Waals surface area contributed by atoms with Gasteiger partial charge in [-0.1, -0.05) is 20.8 Å². The summed E-state index contributed by atoms with van der Waals surface area (Å²) in [4.78, 5) is 37.9. The SMILES string of the molecule is CC(C)(C)C(=O)N1CCC(NC(=O)CNC(=O)c2ccc(Br)o2)CC1. The van der Waals surface area contributed by atoms with E-state index in [1.165, 1.54) is 6.07 Å². The Morgan fingerprint density at radius 3 is 2.40 bits per heavy atom. The zero-order valence-electron chi connectivity index (χ0n) is 14.7. The number of furan rings is 1. The van der Waals surface area contributed by atoms with Crippen LogP contribution in [0.5, 0.6) is 0 Å². The van der Waals surface area contributed by atoms with Crippen molar-refractivity contribution in [3.05, 3.63) is 22.6 Å². The van der Waals surface area contributed by atoms with E-state index in [1.807, 2.05) is 25.7 Å². The van der Waals surface area contributed by atoms with Crippen LogP contribution >= 0.6 is 15.9 Å². The van der Waals surface area contributed by atoms with E-state index in [1.54, 1.807) is 6.07 Å². The van der Waals surface area contributed by atoms with Crippen molar-refractivity contribution in [2.45, 2.75) is 39.7 Å². The Labute approximate surface area is 155 Å². The van der Waals surface area contributed by atoms with Gasteiger partial charge in [0, 0.05) is 24.5 Å². The molecular weight excluding hydrogens is 390 g/mol. The monoisotopic (exact) mass is 413 g/mol. The van der Waals surface area contributed by atoms with Crippen LogP contribution in [0.3, 0.4) is 0 Å². The molecule has 0 aromatic carbocycles. The molecule has 1 saturated heterocycles. The van der Waals surface area contributed by atoms with Gasteiger partial charge in [-0.05, 0) is 40.9 Å². The molecule has 1 aromatic rings. The van der Waals surface area contributed by atoms with Crippen molar-refractivity contribution in [2.24, 2.45) is 5.41 Å². The topological polar surface area (TPSA) is 91.7 Å². The van der Waals surface area contributed by atoms with Crippen molar-refractivity contribution in [3.8, 4) is 0 Å². The highest BCUT2D eigenvalue weighted by Crippen LogP contribution is 2.21. The van der Waals surface area contributed by atoms with Crippen LogP contribution in [0.15, 0.2) is 21.2 Å². The summed E-state index contributed by atoms with van der Waals surface area (Å²) in [5.74, 6) is -0.408. The van der Waals surface area contributed by atoms with Crippen LogP contribution < -0.4 is 10.6 Å². The van der Waals surface area contributed by atoms with E-state index in [9.17, 15) is 14.4 Å². The second-order valence-electron chi connectivity index (χ2n) is 7.17. The van der Waals surface area contributed by atoms with Gasteiger partial charge in [-0.2, -0.15) is 0 Å². The molecule has 0 saturated carbocycles. The summed E-state index contributed by atoms with van der Waals surface area (Å²) in [5.41, 5.74) is -0.388. The summed E-state index contributed by atoms with van der Waals surface area (Å²) in [6.45, 7) is 6.87. The highest BCUT2D eigenvalue weighted by atomic mass is 79.9. The molecule has 2 N–H and O–H groups in total. The minimum Gasteiger partial charge on any atom is -0.444 e. The zero-order chi connectivity index (χ0) is 18.6. The van der Waals surface area contributed by atoms with E-state index in [0.717, 1.165) is 0 Å². The van der Waals surface area contributed by atoms with Gasteiger partial charge in [0.1, 0.15) is 0 Å². The molecule has 1 aromatic heterocycles. The number of hydrogen-bond acceptors (Lipinski definition) is 4. The number of carbonyl (C=O) groups is 3. The largest absolute Gasteiger partial charge is 0.444 e. The fourth-order valence-corrected chi connectivity index (χ4v) is 2.97. The third kappa shape index (κ3) is 5.59. The minimum atomic E-state index is -0.438. The van der Waals surface area contributed by atoms with Crippen molar-refractivity contribution in [2.75, 3.05) is 19.6 Å². The average molecular weight is 414 g/mol. The Bertz CT molecular complexity index is 643. The summed E-state index contributed by atoms with van der Waals surface area (Å²) >= 11 is 3.12. The third-order valence-electron chi connectivity index (χ3n) is 4.00. The number of halogens is 1. The Hall–Kier alpha value is -1.83. The molecular formula is C17H24BrN3O4. The molecule has 1 aliphatic heterocycles. The van der Waals surface area contributed by atoms with Crippen LogP contribution in [0.2, 0.25) is 0 Å². The van der Waals surface area contributed by atoms with Crippen LogP contribution in [0.4, 0.5) is 0 Å². The first kappa shape index (κ1) is 19.5. The summed E-state index contributed by atoms with van der Waals surface area (Å²) in [7, 11) is 0. The molecule has 0 aliphatic carbocycles. The van der Waals surface area contributed by atoms with Crippen LogP contribution in [0.25, 0.3) is 0 Å². The molecule has 8 heteroatoms. The molecule has 0 spiro atoms. The molecule has 2 rings (SSSR count). The summed E-state index contributed by atoms with van der Waals surface area (Å²) < 4.78 is 5.58. The van der Waals surface area contributed by atoms with E-state index in [0.29, 0.717) is 30.6 Å². The third-order valence-corrected chi connectivity index (χ3v) is 4.42. The van der Waals surface area contributed by atoms with E-state index >= 15 is 0 Å². The van der Waals surface area contributed by atoms with Crippen molar-refractivity contribution in [1.29, 1.82) is 0 Å². The second-order valence-corrected chi connectivity index (χ2v) is 7.95. The van der Waals surface area contributed by atoms with Crippen molar-refractivity contribution >= 4 is 33.7 Å². The predicted molar refractivity (Wildman–Crippen MR) is 95.9 cm³/mol. The zero-order valence-corrected chi connectivity index (χ0v) is 16.3. The Morgan fingerprint density at radius 2 is 1.88 bits per heavy atom. The molecule has 25 heavy (non-hydrogen) atoms. The number of nitrogens with one attached hydrogen (secondary N) is 2. The van der Waals surface area contributed by atoms with Crippen LogP contribution in [-0.2, 0) is 9.59 Å². The summed E-state index contributed by atoms with van der Waals surface area (Å²) in [5, 5.41) is 5.42. The first-order chi connectivity index (χ1) is 11.7. The van der Waals surface area contributed by atoms with Crippen LogP contribution in [-0.4, -0.2) is 48.3 Å². The molecule has 1 aliphatic rings. The Balaban J connectivity index is 1.72. The van der Waals surface area contributed by atoms with Gasteiger partial charge < -0.3 is 20.0 Å². The number of rotatable bonds is 4. The summed E-state index contributed by atoms with van der Waals surface area (Å²) in [6.07, 6.45) is 1.43. The first-order valence-electron chi connectivity index (χ1n) is 8.29. The van der Waals surface area contributed by atoms with Gasteiger partial charge in [-0.3, -0.25) is 14.4 Å². The lowest BCUT2D eigenvalue weighted by molar-refractivity contribution is -0.140. The van der Waals surface area contributed by atoms with E-state index in [4.69, 9.17) is 4.42 Å². The smallest absolute Gasteiger partial charge is 0.287 e. The van der Waals surface area contributed by atoms with Gasteiger partial charge in [-0.15, -0.1) is 0 Å². The molecule has 7 nitrogen and oxygen atoms in total. The van der Waals surface area contributed by atoms with Crippen molar-refractivity contribution in [1.82, 2.24) is 15.5 Å². The van der Waals surface area contributed by atoms with E-state index in [-0.39, 0.29) is 35.6 Å². The summed E-state index contributed by atoms with van der Waals surface area (Å²) in [6, 6.07) is 3.16. The first-order valence-corrected chi connectivity index (χ1v) is 9.08. The highest BCUT2D eigenvalue weighted by molar-refractivity contribution is 9.10. The van der Waals surface area contributed by atoms with Gasteiger partial charge in [0.2, 0.25) is 11.8 Å². The number of piperidine rings is 1. The van der Waals surface area contributed by atoms with Crippen LogP contribution in [0, 0.1) is 5.41 Å². The average Bonchev–Trinajstić information content (AvgIpc) is 2.98. The highest BCUT2D eigenvalue weighted by Gasteiger charge is 2.30. The Morgan fingerprint density at radius 1 is 1.24 bits per heavy atom. The minimum absolute atomic E-state index is 0.0196. The quantitative estimate of drug-likeness (QED) is 0.788. The van der Waals surface area contributed by atoms with E-state index < -0.39 is 5.91 Å². The maximum Gasteiger partial charge on any atom is 0.287 e. The second kappa shape index (κ2) is 8.03. The van der Waals surface area contributed by atoms with Crippen molar-refractivity contribution < 1.29 is 18.8 Å². The molecule has 2 heterocycles. The predicted octanol–water partition coefficient (Wildman–Crippen LogP) is 1.93. The maximum absolute atomic E-state index is 12.2. The van der Waals surface area contributed by atoms with Gasteiger partial charge >= 0.3 is 0 Å². The van der Waals surface area contributed by atoms with Gasteiger partial charge in [0.25, 0.3) is 5.91 Å². The number of amides is 3. The molecule has 1 fully saturated rings. The van der Waals surface area contributed by atoms with Crippen molar-refractivity contribution in [3.63, 3.8) is 0 Å². The lowest BCUT2D eigenvalue weighted by Gasteiger charge is -2.36. The molecule has 138 valence electrons. The lowest BCUT2D eigenvalue weighted by atomic mass is 9.93. The standard InChI is InChI=1S/C17H24BrN3O4/c1-17(2,3)16(24)21-8-6-11(7-9-21)20-14(22)10-19-15(23)12-4-5-13(18)25-12/h4-5,11H,6-10H2,1-3H3,(H,19,23)(H,20,22). The molecule has 0 atom stereocenters. The molecule has 0 unspecified atom stereocenters. The fourth-order valence-electron chi connectivity index (χ4n) is 2.66. The number of hydrogen-bond donors (Lipinski definition) is 2. The van der Waals surface area contributed by atoms with Gasteiger partial charge in [0.05, 0.1) is 6.54 Å². The van der Waals surface area contributed by atoms with Crippen LogP contribution in [0.1, 0.15) is 44.2 Å². The molecule has 0 radical (unpaired) electrons. The van der Waals surface area contributed by atoms with E-state index in [2.05, 4.69) is 26.6 Å². The molecule has 3 amide bonds.